The van der Waals surface area contributed by atoms with Gasteiger partial charge < -0.3 is 36.6 Å². The highest BCUT2D eigenvalue weighted by molar-refractivity contribution is 6.00. The van der Waals surface area contributed by atoms with Crippen LogP contribution in [0, 0.1) is 5.41 Å². The molecule has 2 heterocycles. The Bertz CT molecular complexity index is 1000. The summed E-state index contributed by atoms with van der Waals surface area (Å²) < 4.78 is 5.80. The molecule has 0 bridgehead atoms. The van der Waals surface area contributed by atoms with Gasteiger partial charge in [0.05, 0.1) is 11.2 Å². The summed E-state index contributed by atoms with van der Waals surface area (Å²) in [6.07, 6.45) is 5.05. The number of amides is 3. The molecule has 222 valence electrons. The van der Waals surface area contributed by atoms with E-state index in [4.69, 9.17) is 16.2 Å². The molecule has 0 aliphatic carbocycles. The van der Waals surface area contributed by atoms with Crippen molar-refractivity contribution in [1.82, 2.24) is 25.3 Å². The molecule has 3 amide bonds. The number of amidine groups is 1. The lowest BCUT2D eigenvalue weighted by Crippen LogP contribution is -2.56. The average Bonchev–Trinajstić information content (AvgIpc) is 3.31. The molecular weight excluding hydrogens is 512 g/mol. The standard InChI is InChI=1S/C19H27N5O3.C9H19N3O/c1-19(12-20)7-9-24(13-19)10-11-27-17-4-2-16(3-5-17)23-18(22-15-26)6-8-21-14-25;1-9(2,10)8(13)12-6-4-11(3)5-7-12/h2-6,8,14-15H,7,9-13,20H2,1H3,(H,21,25)(H,22,23,26);4-7,10H2,1-3H3/b8-6-;. The van der Waals surface area contributed by atoms with E-state index in [9.17, 15) is 14.4 Å². The third-order valence-corrected chi connectivity index (χ3v) is 6.85. The molecule has 1 atom stereocenters. The van der Waals surface area contributed by atoms with Crippen molar-refractivity contribution in [2.45, 2.75) is 32.7 Å². The van der Waals surface area contributed by atoms with Gasteiger partial charge in [-0.25, -0.2) is 4.99 Å². The van der Waals surface area contributed by atoms with Crippen molar-refractivity contribution in [2.75, 3.05) is 66.0 Å². The number of nitrogens with two attached hydrogens (primary N) is 2. The molecule has 6 N–H and O–H groups in total. The molecule has 40 heavy (non-hydrogen) atoms. The Labute approximate surface area is 237 Å². The number of rotatable bonds is 11. The molecule has 2 aliphatic heterocycles. The number of carbonyl (C=O) groups excluding carboxylic acids is 3. The van der Waals surface area contributed by atoms with Crippen LogP contribution in [0.25, 0.3) is 0 Å². The van der Waals surface area contributed by atoms with E-state index in [2.05, 4.69) is 39.4 Å². The zero-order valence-corrected chi connectivity index (χ0v) is 24.3. The Morgan fingerprint density at radius 2 is 1.80 bits per heavy atom. The van der Waals surface area contributed by atoms with Crippen LogP contribution in [0.15, 0.2) is 41.5 Å². The highest BCUT2D eigenvalue weighted by Crippen LogP contribution is 2.28. The van der Waals surface area contributed by atoms with Crippen LogP contribution in [-0.4, -0.2) is 111 Å². The average molecular weight is 559 g/mol. The van der Waals surface area contributed by atoms with Crippen LogP contribution >= 0.6 is 0 Å². The maximum Gasteiger partial charge on any atom is 0.242 e. The van der Waals surface area contributed by atoms with E-state index >= 15 is 0 Å². The Morgan fingerprint density at radius 1 is 1.12 bits per heavy atom. The van der Waals surface area contributed by atoms with Crippen molar-refractivity contribution in [3.8, 4) is 5.75 Å². The third-order valence-electron chi connectivity index (χ3n) is 6.85. The number of likely N-dealkylation sites (N-methyl/N-ethyl adjacent to an activating group) is 1. The molecule has 12 heteroatoms. The number of nitrogens with one attached hydrogen (secondary N) is 2. The molecular formula is C28H46N8O4. The van der Waals surface area contributed by atoms with Crippen LogP contribution in [0.4, 0.5) is 5.69 Å². The van der Waals surface area contributed by atoms with Crippen LogP contribution in [0.5, 0.6) is 5.75 Å². The minimum atomic E-state index is -0.726. The number of aliphatic imine (C=N–C) groups is 1. The normalized spacial score (nSPS) is 20.6. The van der Waals surface area contributed by atoms with Crippen LogP contribution in [0.2, 0.25) is 0 Å². The van der Waals surface area contributed by atoms with Crippen molar-refractivity contribution in [3.63, 3.8) is 0 Å². The molecule has 0 spiro atoms. The molecule has 3 rings (SSSR count). The summed E-state index contributed by atoms with van der Waals surface area (Å²) in [5.74, 6) is 1.13. The number of likely N-dealkylation sites (tertiary alicyclic amines) is 1. The second-order valence-corrected chi connectivity index (χ2v) is 11.1. The molecule has 12 nitrogen and oxygen atoms in total. The fourth-order valence-corrected chi connectivity index (χ4v) is 4.29. The van der Waals surface area contributed by atoms with E-state index in [0.717, 1.165) is 58.0 Å². The number of piperazine rings is 1. The quantitative estimate of drug-likeness (QED) is 0.171. The highest BCUT2D eigenvalue weighted by Gasteiger charge is 2.32. The molecule has 2 aliphatic rings. The van der Waals surface area contributed by atoms with Crippen molar-refractivity contribution in [3.05, 3.63) is 36.5 Å². The molecule has 1 unspecified atom stereocenters. The van der Waals surface area contributed by atoms with Gasteiger partial charge in [0.15, 0.2) is 0 Å². The summed E-state index contributed by atoms with van der Waals surface area (Å²) in [6.45, 7) is 13.5. The van der Waals surface area contributed by atoms with Crippen LogP contribution < -0.4 is 26.8 Å². The molecule has 0 aromatic heterocycles. The van der Waals surface area contributed by atoms with Crippen LogP contribution in [0.3, 0.4) is 0 Å². The van der Waals surface area contributed by atoms with Crippen LogP contribution in [0.1, 0.15) is 27.2 Å². The fourth-order valence-electron chi connectivity index (χ4n) is 4.29. The summed E-state index contributed by atoms with van der Waals surface area (Å²) in [6, 6.07) is 7.26. The van der Waals surface area contributed by atoms with Gasteiger partial charge in [-0.1, -0.05) is 6.92 Å². The SMILES string of the molecule is CC1(CN)CCN(CCOc2ccc(N=C(/C=C\NC=O)NC=O)cc2)C1.CN1CCN(C(=O)C(C)(C)N)CC1. The number of carbonyl (C=O) groups is 3. The number of hydrogen-bond acceptors (Lipinski definition) is 9. The third kappa shape index (κ3) is 11.4. The van der Waals surface area contributed by atoms with Crippen molar-refractivity contribution in [2.24, 2.45) is 21.9 Å². The maximum absolute atomic E-state index is 11.7. The van der Waals surface area contributed by atoms with E-state index in [1.807, 2.05) is 17.0 Å². The van der Waals surface area contributed by atoms with Crippen molar-refractivity contribution in [1.29, 1.82) is 0 Å². The van der Waals surface area contributed by atoms with E-state index in [1.54, 1.807) is 26.0 Å². The molecule has 0 radical (unpaired) electrons. The number of nitrogens with zero attached hydrogens (tertiary/aromatic N) is 4. The first kappa shape index (κ1) is 32.9. The lowest BCUT2D eigenvalue weighted by atomic mass is 9.90. The molecule has 2 fully saturated rings. The van der Waals surface area contributed by atoms with Crippen molar-refractivity contribution >= 4 is 30.3 Å². The molecule has 1 aromatic carbocycles. The second kappa shape index (κ2) is 16.1. The van der Waals surface area contributed by atoms with Gasteiger partial charge in [-0.15, -0.1) is 0 Å². The summed E-state index contributed by atoms with van der Waals surface area (Å²) in [5, 5.41) is 4.82. The lowest BCUT2D eigenvalue weighted by Gasteiger charge is -2.35. The monoisotopic (exact) mass is 558 g/mol. The first-order chi connectivity index (χ1) is 19.0. The van der Waals surface area contributed by atoms with E-state index in [1.165, 1.54) is 12.3 Å². The van der Waals surface area contributed by atoms with Crippen LogP contribution in [-0.2, 0) is 14.4 Å². The Hall–Kier alpha value is -3.32. The maximum atomic E-state index is 11.7. The smallest absolute Gasteiger partial charge is 0.242 e. The van der Waals surface area contributed by atoms with Gasteiger partial charge in [0, 0.05) is 45.5 Å². The van der Waals surface area contributed by atoms with Gasteiger partial charge in [-0.05, 0) is 76.2 Å². The zero-order chi connectivity index (χ0) is 29.6. The van der Waals surface area contributed by atoms with E-state index in [0.29, 0.717) is 37.5 Å². The summed E-state index contributed by atoms with van der Waals surface area (Å²) in [7, 11) is 2.06. The summed E-state index contributed by atoms with van der Waals surface area (Å²) in [4.78, 5) is 43.3. The highest BCUT2D eigenvalue weighted by atomic mass is 16.5. The van der Waals surface area contributed by atoms with Gasteiger partial charge in [0.1, 0.15) is 18.2 Å². The second-order valence-electron chi connectivity index (χ2n) is 11.1. The summed E-state index contributed by atoms with van der Waals surface area (Å²) in [5.41, 5.74) is 11.7. The van der Waals surface area contributed by atoms with E-state index < -0.39 is 5.54 Å². The largest absolute Gasteiger partial charge is 0.492 e. The molecule has 0 saturated carbocycles. The Morgan fingerprint density at radius 3 is 2.35 bits per heavy atom. The van der Waals surface area contributed by atoms with Gasteiger partial charge >= 0.3 is 0 Å². The first-order valence-corrected chi connectivity index (χ1v) is 13.6. The minimum absolute atomic E-state index is 0.0561. The lowest BCUT2D eigenvalue weighted by molar-refractivity contribution is -0.137. The minimum Gasteiger partial charge on any atom is -0.492 e. The predicted octanol–water partition coefficient (Wildman–Crippen LogP) is 0.270. The fraction of sp³-hybridized carbons (Fsp3) is 0.571. The predicted molar refractivity (Wildman–Crippen MR) is 157 cm³/mol. The topological polar surface area (TPSA) is 159 Å². The first-order valence-electron chi connectivity index (χ1n) is 13.6. The van der Waals surface area contributed by atoms with Gasteiger partial charge in [-0.2, -0.15) is 0 Å². The van der Waals surface area contributed by atoms with Gasteiger partial charge in [0.2, 0.25) is 18.7 Å². The number of benzene rings is 1. The van der Waals surface area contributed by atoms with E-state index in [-0.39, 0.29) is 11.3 Å². The Balaban J connectivity index is 0.000000360. The van der Waals surface area contributed by atoms with Gasteiger partial charge in [-0.3, -0.25) is 19.3 Å². The number of ether oxygens (including phenoxy) is 1. The Kier molecular flexibility index (Phi) is 13.2. The number of hydrogen-bond donors (Lipinski definition) is 4. The van der Waals surface area contributed by atoms with Crippen molar-refractivity contribution < 1.29 is 19.1 Å². The zero-order valence-electron chi connectivity index (χ0n) is 24.3. The van der Waals surface area contributed by atoms with Gasteiger partial charge in [0.25, 0.3) is 0 Å². The summed E-state index contributed by atoms with van der Waals surface area (Å²) >= 11 is 0. The molecule has 2 saturated heterocycles. The molecule has 1 aromatic rings.